The lowest BCUT2D eigenvalue weighted by Crippen LogP contribution is -2.35. The first-order valence-corrected chi connectivity index (χ1v) is 12.6. The minimum absolute atomic E-state index is 0.188. The van der Waals surface area contributed by atoms with Crippen LogP contribution in [0.5, 0.6) is 5.75 Å². The minimum atomic E-state index is -4.77. The quantitative estimate of drug-likeness (QED) is 0.380. The van der Waals surface area contributed by atoms with Crippen molar-refractivity contribution in [1.29, 1.82) is 0 Å². The van der Waals surface area contributed by atoms with Crippen molar-refractivity contribution in [1.82, 2.24) is 14.8 Å². The van der Waals surface area contributed by atoms with E-state index in [9.17, 15) is 18.0 Å². The maximum Gasteiger partial charge on any atom is 0.573 e. The van der Waals surface area contributed by atoms with E-state index in [-0.39, 0.29) is 18.2 Å². The van der Waals surface area contributed by atoms with Crippen molar-refractivity contribution in [2.45, 2.75) is 19.5 Å². The largest absolute Gasteiger partial charge is 0.573 e. The molecule has 184 valence electrons. The number of rotatable bonds is 8. The van der Waals surface area contributed by atoms with Gasteiger partial charge in [-0.3, -0.25) is 9.69 Å². The van der Waals surface area contributed by atoms with Gasteiger partial charge >= 0.3 is 6.36 Å². The highest BCUT2D eigenvalue weighted by molar-refractivity contribution is 7.07. The SMILES string of the molecule is O=C(c1cscn1)N(Cc1cccc(OC(F)(F)F)c1)CC1C2CN(Cc3cccc(Cl)c3)CC21. The molecule has 1 amide bonds. The lowest BCUT2D eigenvalue weighted by atomic mass is 10.1. The number of alkyl halides is 3. The number of carbonyl (C=O) groups excluding carboxylic acids is 1. The van der Waals surface area contributed by atoms with Gasteiger partial charge in [0.05, 0.1) is 5.51 Å². The van der Waals surface area contributed by atoms with E-state index in [1.165, 1.54) is 35.1 Å². The molecule has 1 aromatic heterocycles. The summed E-state index contributed by atoms with van der Waals surface area (Å²) < 4.78 is 42.0. The molecule has 1 aliphatic carbocycles. The fourth-order valence-electron chi connectivity index (χ4n) is 5.05. The Morgan fingerprint density at radius 3 is 2.57 bits per heavy atom. The summed E-state index contributed by atoms with van der Waals surface area (Å²) in [5.74, 6) is 0.854. The number of halogens is 4. The molecule has 1 aliphatic heterocycles. The Morgan fingerprint density at radius 2 is 1.89 bits per heavy atom. The normalized spacial score (nSPS) is 21.5. The molecule has 5 rings (SSSR count). The van der Waals surface area contributed by atoms with Crippen LogP contribution in [0.1, 0.15) is 21.6 Å². The molecule has 5 nitrogen and oxygen atoms in total. The summed E-state index contributed by atoms with van der Waals surface area (Å²) in [6.45, 7) is 3.48. The maximum absolute atomic E-state index is 13.2. The number of hydrogen-bond acceptors (Lipinski definition) is 5. The number of nitrogens with zero attached hydrogens (tertiary/aromatic N) is 3. The van der Waals surface area contributed by atoms with Gasteiger partial charge in [-0.1, -0.05) is 35.9 Å². The highest BCUT2D eigenvalue weighted by Crippen LogP contribution is 2.52. The molecule has 0 bridgehead atoms. The second-order valence-electron chi connectivity index (χ2n) is 9.07. The van der Waals surface area contributed by atoms with Crippen LogP contribution in [0, 0.1) is 17.8 Å². The number of amides is 1. The van der Waals surface area contributed by atoms with Crippen molar-refractivity contribution < 1.29 is 22.7 Å². The Labute approximate surface area is 210 Å². The predicted molar refractivity (Wildman–Crippen MR) is 127 cm³/mol. The van der Waals surface area contributed by atoms with Crippen LogP contribution in [0.15, 0.2) is 59.4 Å². The molecular formula is C25H23ClF3N3O2S. The molecule has 2 heterocycles. The Morgan fingerprint density at radius 1 is 1.14 bits per heavy atom. The van der Waals surface area contributed by atoms with Gasteiger partial charge in [-0.05, 0) is 53.1 Å². The van der Waals surface area contributed by atoms with Crippen molar-refractivity contribution in [3.63, 3.8) is 0 Å². The number of likely N-dealkylation sites (tertiary alicyclic amines) is 1. The third-order valence-corrected chi connectivity index (χ3v) is 7.44. The highest BCUT2D eigenvalue weighted by atomic mass is 35.5. The van der Waals surface area contributed by atoms with Gasteiger partial charge in [-0.25, -0.2) is 4.98 Å². The number of piperidine rings is 1. The Bertz CT molecular complexity index is 1180. The summed E-state index contributed by atoms with van der Waals surface area (Å²) >= 11 is 7.44. The third kappa shape index (κ3) is 5.97. The predicted octanol–water partition coefficient (Wildman–Crippen LogP) is 5.72. The summed E-state index contributed by atoms with van der Waals surface area (Å²) in [5.41, 5.74) is 3.70. The van der Waals surface area contributed by atoms with Gasteiger partial charge in [-0.15, -0.1) is 24.5 Å². The van der Waals surface area contributed by atoms with E-state index in [0.29, 0.717) is 35.6 Å². The van der Waals surface area contributed by atoms with E-state index < -0.39 is 6.36 Å². The minimum Gasteiger partial charge on any atom is -0.406 e. The first-order chi connectivity index (χ1) is 16.7. The molecule has 0 N–H and O–H groups in total. The van der Waals surface area contributed by atoms with Crippen molar-refractivity contribution in [3.8, 4) is 5.75 Å². The van der Waals surface area contributed by atoms with Crippen LogP contribution in [0.25, 0.3) is 0 Å². The summed E-state index contributed by atoms with van der Waals surface area (Å²) in [6, 6.07) is 13.6. The van der Waals surface area contributed by atoms with Gasteiger partial charge in [0, 0.05) is 43.1 Å². The van der Waals surface area contributed by atoms with Crippen LogP contribution in [0.4, 0.5) is 13.2 Å². The van der Waals surface area contributed by atoms with Crippen LogP contribution in [0.2, 0.25) is 5.02 Å². The number of aromatic nitrogens is 1. The van der Waals surface area contributed by atoms with Gasteiger partial charge in [0.1, 0.15) is 11.4 Å². The standard InChI is InChI=1S/C25H23ClF3N3O2S/c26-18-5-1-3-16(7-18)9-31-11-20-21(12-31)22(20)13-32(24(33)23-14-35-15-30-23)10-17-4-2-6-19(8-17)34-25(27,28)29/h1-8,14-15,20-22H,9-13H2. The van der Waals surface area contributed by atoms with E-state index >= 15 is 0 Å². The Balaban J connectivity index is 1.24. The summed E-state index contributed by atoms with van der Waals surface area (Å²) in [5, 5.41) is 2.42. The number of ether oxygens (including phenoxy) is 1. The van der Waals surface area contributed by atoms with Crippen molar-refractivity contribution in [2.75, 3.05) is 19.6 Å². The topological polar surface area (TPSA) is 45.7 Å². The van der Waals surface area contributed by atoms with Crippen LogP contribution < -0.4 is 4.74 Å². The molecule has 2 fully saturated rings. The third-order valence-electron chi connectivity index (χ3n) is 6.62. The number of fused-ring (bicyclic) bond motifs is 1. The molecule has 1 saturated carbocycles. The Hall–Kier alpha value is -2.62. The molecule has 2 aliphatic rings. The van der Waals surface area contributed by atoms with Crippen LogP contribution in [-0.2, 0) is 13.1 Å². The second-order valence-corrected chi connectivity index (χ2v) is 10.2. The molecule has 1 saturated heterocycles. The average molecular weight is 522 g/mol. The highest BCUT2D eigenvalue weighted by Gasteiger charge is 2.55. The number of benzene rings is 2. The lowest BCUT2D eigenvalue weighted by molar-refractivity contribution is -0.274. The summed E-state index contributed by atoms with van der Waals surface area (Å²) in [7, 11) is 0. The van der Waals surface area contributed by atoms with Crippen LogP contribution in [0.3, 0.4) is 0 Å². The van der Waals surface area contributed by atoms with Crippen molar-refractivity contribution in [2.24, 2.45) is 17.8 Å². The Kier molecular flexibility index (Phi) is 6.74. The molecule has 2 atom stereocenters. The summed E-state index contributed by atoms with van der Waals surface area (Å²) in [4.78, 5) is 21.4. The number of thiazole rings is 1. The molecule has 10 heteroatoms. The molecule has 3 aromatic rings. The van der Waals surface area contributed by atoms with E-state index in [2.05, 4.69) is 20.7 Å². The van der Waals surface area contributed by atoms with E-state index in [1.807, 2.05) is 18.2 Å². The number of hydrogen-bond donors (Lipinski definition) is 0. The zero-order valence-corrected chi connectivity index (χ0v) is 20.2. The van der Waals surface area contributed by atoms with E-state index in [1.54, 1.807) is 21.9 Å². The van der Waals surface area contributed by atoms with Gasteiger partial charge in [0.2, 0.25) is 0 Å². The van der Waals surface area contributed by atoms with Gasteiger partial charge in [0.15, 0.2) is 0 Å². The first kappa shape index (κ1) is 24.1. The van der Waals surface area contributed by atoms with Gasteiger partial charge < -0.3 is 9.64 Å². The van der Waals surface area contributed by atoms with Crippen LogP contribution >= 0.6 is 22.9 Å². The van der Waals surface area contributed by atoms with E-state index in [4.69, 9.17) is 11.6 Å². The van der Waals surface area contributed by atoms with Crippen molar-refractivity contribution >= 4 is 28.8 Å². The fraction of sp³-hybridized carbons (Fsp3) is 0.360. The smallest absolute Gasteiger partial charge is 0.406 e. The lowest BCUT2D eigenvalue weighted by Gasteiger charge is -2.25. The van der Waals surface area contributed by atoms with Gasteiger partial charge in [-0.2, -0.15) is 0 Å². The maximum atomic E-state index is 13.2. The molecular weight excluding hydrogens is 499 g/mol. The average Bonchev–Trinajstić information content (AvgIpc) is 3.19. The summed E-state index contributed by atoms with van der Waals surface area (Å²) in [6.07, 6.45) is -4.77. The number of carbonyl (C=O) groups is 1. The molecule has 0 spiro atoms. The van der Waals surface area contributed by atoms with E-state index in [0.717, 1.165) is 24.7 Å². The fourth-order valence-corrected chi connectivity index (χ4v) is 5.78. The molecule has 0 radical (unpaired) electrons. The zero-order chi connectivity index (χ0) is 24.6. The second kappa shape index (κ2) is 9.79. The van der Waals surface area contributed by atoms with Crippen LogP contribution in [-0.4, -0.2) is 46.7 Å². The monoisotopic (exact) mass is 521 g/mol. The molecule has 35 heavy (non-hydrogen) atoms. The molecule has 2 aromatic carbocycles. The van der Waals surface area contributed by atoms with Gasteiger partial charge in [0.25, 0.3) is 5.91 Å². The first-order valence-electron chi connectivity index (χ1n) is 11.2. The zero-order valence-electron chi connectivity index (χ0n) is 18.6. The van der Waals surface area contributed by atoms with Crippen molar-refractivity contribution in [3.05, 3.63) is 81.3 Å². The molecule has 2 unspecified atom stereocenters.